The normalized spacial score (nSPS) is 11.7. The minimum absolute atomic E-state index is 0.691. The Bertz CT molecular complexity index is 457. The summed E-state index contributed by atoms with van der Waals surface area (Å²) in [5.74, 6) is 3.02. The van der Waals surface area contributed by atoms with Gasteiger partial charge in [0.05, 0.1) is 6.26 Å². The van der Waals surface area contributed by atoms with Crippen molar-refractivity contribution in [2.24, 2.45) is 0 Å². The monoisotopic (exact) mass is 666 g/mol. The van der Waals surface area contributed by atoms with Crippen molar-refractivity contribution in [2.75, 3.05) is 17.8 Å². The van der Waals surface area contributed by atoms with Gasteiger partial charge in [-0.3, -0.25) is 0 Å². The molecule has 0 aliphatic heterocycles. The molecule has 0 nitrogen and oxygen atoms in total. The van der Waals surface area contributed by atoms with Gasteiger partial charge < -0.3 is 0 Å². The molecule has 0 unspecified atom stereocenters. The Kier molecular flexibility index (Phi) is 43.7. The molecule has 0 saturated carbocycles. The number of hydrogen-bond donors (Lipinski definition) is 0. The topological polar surface area (TPSA) is 0 Å². The summed E-state index contributed by atoms with van der Waals surface area (Å²) in [5.41, 5.74) is 0. The van der Waals surface area contributed by atoms with Crippen LogP contribution in [0.15, 0.2) is 0 Å². The van der Waals surface area contributed by atoms with Crippen LogP contribution in [0.4, 0.5) is 0 Å². The highest BCUT2D eigenvalue weighted by atomic mass is 32.2. The predicted molar refractivity (Wildman–Crippen MR) is 219 cm³/mol. The molecule has 0 heterocycles. The van der Waals surface area contributed by atoms with Crippen molar-refractivity contribution in [3.05, 3.63) is 0 Å². The second-order valence-corrected chi connectivity index (χ2v) is 18.0. The first-order valence-corrected chi connectivity index (χ1v) is 24.4. The summed E-state index contributed by atoms with van der Waals surface area (Å²) in [6, 6.07) is 0. The van der Waals surface area contributed by atoms with Crippen LogP contribution in [0.1, 0.15) is 271 Å². The lowest BCUT2D eigenvalue weighted by atomic mass is 10.0. The predicted octanol–water partition coefficient (Wildman–Crippen LogP) is 16.9. The van der Waals surface area contributed by atoms with E-state index in [2.05, 4.69) is 20.1 Å². The second kappa shape index (κ2) is 43.4. The standard InChI is InChI=1S/C45H93S/c1-4-6-8-10-12-14-16-18-20-22-24-26-28-30-32-34-36-38-40-42-44-46(3)45-43-41-39-37-35-33-31-29-27-25-23-21-19-17-15-13-11-9-7-5-2/h4-45H2,1-3H3/q+1. The molecule has 0 radical (unpaired) electrons. The first-order chi connectivity index (χ1) is 22.8. The van der Waals surface area contributed by atoms with Crippen LogP contribution >= 0.6 is 0 Å². The molecule has 0 rings (SSSR count). The Morgan fingerprint density at radius 2 is 0.326 bits per heavy atom. The fraction of sp³-hybridized carbons (Fsp3) is 1.00. The lowest BCUT2D eigenvalue weighted by molar-refractivity contribution is 0.523. The summed E-state index contributed by atoms with van der Waals surface area (Å²) in [6.45, 7) is 4.62. The average Bonchev–Trinajstić information content (AvgIpc) is 3.06. The summed E-state index contributed by atoms with van der Waals surface area (Å²) >= 11 is 0. The Balaban J connectivity index is 3.13. The zero-order valence-corrected chi connectivity index (χ0v) is 33.9. The number of rotatable bonds is 42. The molecule has 0 aromatic rings. The van der Waals surface area contributed by atoms with Crippen molar-refractivity contribution in [3.8, 4) is 0 Å². The third-order valence-corrected chi connectivity index (χ3v) is 12.7. The van der Waals surface area contributed by atoms with E-state index in [0.29, 0.717) is 10.9 Å². The second-order valence-electron chi connectivity index (χ2n) is 15.6. The Morgan fingerprint density at radius 1 is 0.196 bits per heavy atom. The van der Waals surface area contributed by atoms with E-state index in [1.54, 1.807) is 0 Å². The van der Waals surface area contributed by atoms with Crippen molar-refractivity contribution < 1.29 is 0 Å². The molecule has 1 heteroatoms. The lowest BCUT2D eigenvalue weighted by Crippen LogP contribution is -2.10. The molecule has 0 aromatic carbocycles. The molecule has 0 saturated heterocycles. The van der Waals surface area contributed by atoms with Crippen LogP contribution in [0.2, 0.25) is 0 Å². The summed E-state index contributed by atoms with van der Waals surface area (Å²) in [7, 11) is 0.691. The van der Waals surface area contributed by atoms with Gasteiger partial charge in [0, 0.05) is 0 Å². The fourth-order valence-electron chi connectivity index (χ4n) is 7.31. The van der Waals surface area contributed by atoms with Crippen LogP contribution in [-0.4, -0.2) is 17.8 Å². The minimum Gasteiger partial charge on any atom is -0.0654 e. The molecule has 0 aromatic heterocycles. The van der Waals surface area contributed by atoms with E-state index in [9.17, 15) is 0 Å². The highest BCUT2D eigenvalue weighted by Gasteiger charge is 2.09. The Morgan fingerprint density at radius 3 is 0.478 bits per heavy atom. The maximum absolute atomic E-state index is 2.55. The van der Waals surface area contributed by atoms with E-state index in [1.807, 2.05) is 0 Å². The maximum Gasteiger partial charge on any atom is 0.107 e. The molecular formula is C45H93S+. The third-order valence-electron chi connectivity index (χ3n) is 10.7. The van der Waals surface area contributed by atoms with Gasteiger partial charge in [0.1, 0.15) is 11.5 Å². The van der Waals surface area contributed by atoms with E-state index < -0.39 is 0 Å². The van der Waals surface area contributed by atoms with Gasteiger partial charge in [-0.05, 0) is 36.6 Å². The molecule has 0 amide bonds. The van der Waals surface area contributed by atoms with E-state index in [1.165, 1.54) is 268 Å². The quantitative estimate of drug-likeness (QED) is 0.0449. The molecule has 0 spiro atoms. The molecule has 0 aliphatic carbocycles. The highest BCUT2D eigenvalue weighted by molar-refractivity contribution is 7.96. The number of hydrogen-bond acceptors (Lipinski definition) is 0. The molecule has 0 N–H and O–H groups in total. The van der Waals surface area contributed by atoms with Crippen LogP contribution < -0.4 is 0 Å². The van der Waals surface area contributed by atoms with Gasteiger partial charge in [0.15, 0.2) is 0 Å². The summed E-state index contributed by atoms with van der Waals surface area (Å²) in [5, 5.41) is 0. The van der Waals surface area contributed by atoms with Crippen molar-refractivity contribution in [3.63, 3.8) is 0 Å². The maximum atomic E-state index is 2.55. The smallest absolute Gasteiger partial charge is 0.0654 e. The van der Waals surface area contributed by atoms with Crippen molar-refractivity contribution in [1.29, 1.82) is 0 Å². The zero-order chi connectivity index (χ0) is 33.3. The van der Waals surface area contributed by atoms with Gasteiger partial charge in [-0.25, -0.2) is 0 Å². The van der Waals surface area contributed by atoms with Crippen LogP contribution in [0.3, 0.4) is 0 Å². The summed E-state index contributed by atoms with van der Waals surface area (Å²) < 4.78 is 0. The van der Waals surface area contributed by atoms with Gasteiger partial charge in [0.25, 0.3) is 0 Å². The highest BCUT2D eigenvalue weighted by Crippen LogP contribution is 2.17. The summed E-state index contributed by atoms with van der Waals surface area (Å²) in [4.78, 5) is 0. The van der Waals surface area contributed by atoms with E-state index in [4.69, 9.17) is 0 Å². The fourth-order valence-corrected chi connectivity index (χ4v) is 8.91. The van der Waals surface area contributed by atoms with Crippen LogP contribution in [0.25, 0.3) is 0 Å². The largest absolute Gasteiger partial charge is 0.107 e. The molecule has 0 bridgehead atoms. The van der Waals surface area contributed by atoms with Gasteiger partial charge in [-0.2, -0.15) is 0 Å². The van der Waals surface area contributed by atoms with Crippen molar-refractivity contribution in [2.45, 2.75) is 271 Å². The summed E-state index contributed by atoms with van der Waals surface area (Å²) in [6.07, 6.45) is 61.9. The number of unbranched alkanes of at least 4 members (excludes halogenated alkanes) is 38. The molecular weight excluding hydrogens is 573 g/mol. The average molecular weight is 666 g/mol. The molecule has 0 fully saturated rings. The molecule has 46 heavy (non-hydrogen) atoms. The first kappa shape index (κ1) is 46.4. The SMILES string of the molecule is CCCCCCCCCCCCCCCCCCCCCC[S+](C)CCCCCCCCCCCCCCCCCCCCCC. The van der Waals surface area contributed by atoms with Gasteiger partial charge in [-0.15, -0.1) is 0 Å². The zero-order valence-electron chi connectivity index (χ0n) is 33.1. The van der Waals surface area contributed by atoms with Crippen molar-refractivity contribution >= 4 is 10.9 Å². The van der Waals surface area contributed by atoms with E-state index in [-0.39, 0.29) is 0 Å². The van der Waals surface area contributed by atoms with Crippen LogP contribution in [-0.2, 0) is 10.9 Å². The Labute approximate surface area is 298 Å². The molecule has 0 atom stereocenters. The van der Waals surface area contributed by atoms with E-state index in [0.717, 1.165) is 0 Å². The third kappa shape index (κ3) is 42.4. The molecule has 0 aliphatic rings. The van der Waals surface area contributed by atoms with Crippen LogP contribution in [0.5, 0.6) is 0 Å². The van der Waals surface area contributed by atoms with Gasteiger partial charge in [-0.1, -0.05) is 245 Å². The van der Waals surface area contributed by atoms with Gasteiger partial charge >= 0.3 is 0 Å². The van der Waals surface area contributed by atoms with E-state index >= 15 is 0 Å². The van der Waals surface area contributed by atoms with Crippen molar-refractivity contribution in [1.82, 2.24) is 0 Å². The first-order valence-electron chi connectivity index (χ1n) is 22.4. The lowest BCUT2D eigenvalue weighted by Gasteiger charge is -2.06. The van der Waals surface area contributed by atoms with Crippen LogP contribution in [0, 0.1) is 0 Å². The Hall–Kier alpha value is 0.350. The molecule has 278 valence electrons. The van der Waals surface area contributed by atoms with Gasteiger partial charge in [0.2, 0.25) is 0 Å². The minimum atomic E-state index is 0.691.